The van der Waals surface area contributed by atoms with Crippen molar-refractivity contribution in [2.24, 2.45) is 0 Å². The highest BCUT2D eigenvalue weighted by atomic mass is 16.5. The molecule has 3 rings (SSSR count). The lowest BCUT2D eigenvalue weighted by Crippen LogP contribution is -2.16. The monoisotopic (exact) mass is 242 g/mol. The summed E-state index contributed by atoms with van der Waals surface area (Å²) in [7, 11) is 0. The number of pyridine rings is 1. The minimum absolute atomic E-state index is 0.0680. The first-order valence-electron chi connectivity index (χ1n) is 5.47. The minimum atomic E-state index is -0.607. The fourth-order valence-electron chi connectivity index (χ4n) is 1.97. The van der Waals surface area contributed by atoms with Crippen molar-refractivity contribution in [2.75, 3.05) is 0 Å². The lowest BCUT2D eigenvalue weighted by Gasteiger charge is -1.98. The Bertz CT molecular complexity index is 708. The zero-order chi connectivity index (χ0) is 12.7. The Balaban J connectivity index is 2.20. The van der Waals surface area contributed by atoms with Crippen LogP contribution in [0.4, 0.5) is 0 Å². The molecule has 0 radical (unpaired) electrons. The predicted octanol–water partition coefficient (Wildman–Crippen LogP) is 1.68. The van der Waals surface area contributed by atoms with Crippen LogP contribution < -0.4 is 5.56 Å². The number of aromatic amines is 2. The van der Waals surface area contributed by atoms with Gasteiger partial charge in [0.1, 0.15) is 11.3 Å². The van der Waals surface area contributed by atoms with Crippen molar-refractivity contribution >= 4 is 17.8 Å². The van der Waals surface area contributed by atoms with E-state index in [9.17, 15) is 9.59 Å². The number of cyclic esters (lactones) is 1. The van der Waals surface area contributed by atoms with Crippen molar-refractivity contribution in [1.82, 2.24) is 9.97 Å². The summed E-state index contributed by atoms with van der Waals surface area (Å²) in [4.78, 5) is 28.9. The Hall–Kier alpha value is -2.56. The first-order chi connectivity index (χ1) is 8.65. The highest BCUT2D eigenvalue weighted by Crippen LogP contribution is 2.29. The normalized spacial score (nSPS) is 15.8. The molecule has 0 saturated heterocycles. The van der Waals surface area contributed by atoms with Gasteiger partial charge < -0.3 is 14.7 Å². The molecule has 0 bridgehead atoms. The van der Waals surface area contributed by atoms with Gasteiger partial charge in [0.25, 0.3) is 5.56 Å². The molecular formula is C13H10N2O3. The molecule has 0 spiro atoms. The summed E-state index contributed by atoms with van der Waals surface area (Å²) >= 11 is 0. The Labute approximate surface area is 102 Å². The summed E-state index contributed by atoms with van der Waals surface area (Å²) in [5.74, 6) is -0.212. The van der Waals surface area contributed by atoms with Gasteiger partial charge in [-0.15, -0.1) is 0 Å². The number of esters is 1. The van der Waals surface area contributed by atoms with E-state index in [2.05, 4.69) is 9.97 Å². The van der Waals surface area contributed by atoms with Crippen LogP contribution in [0.25, 0.3) is 11.8 Å². The second-order valence-electron chi connectivity index (χ2n) is 4.09. The van der Waals surface area contributed by atoms with E-state index < -0.39 is 11.5 Å². The van der Waals surface area contributed by atoms with Gasteiger partial charge in [-0.1, -0.05) is 0 Å². The summed E-state index contributed by atoms with van der Waals surface area (Å²) in [6, 6.07) is 5.42. The van der Waals surface area contributed by atoms with Crippen LogP contribution in [0, 0.1) is 6.92 Å². The molecule has 90 valence electrons. The standard InChI is InChI=1S/C13H10N2O3/c1-7-5-9-10(6-8-3-2-4-14-8)18-13(17)11(9)12(16)15-7/h2-6,14H,1H3,(H,15,16)/b10-6-. The lowest BCUT2D eigenvalue weighted by atomic mass is 10.1. The molecule has 18 heavy (non-hydrogen) atoms. The van der Waals surface area contributed by atoms with Gasteiger partial charge in [-0.05, 0) is 25.1 Å². The second-order valence-corrected chi connectivity index (χ2v) is 4.09. The van der Waals surface area contributed by atoms with Crippen LogP contribution in [0.15, 0.2) is 29.2 Å². The van der Waals surface area contributed by atoms with Crippen molar-refractivity contribution in [1.29, 1.82) is 0 Å². The zero-order valence-corrected chi connectivity index (χ0v) is 9.61. The molecule has 3 heterocycles. The number of H-pyrrole nitrogens is 2. The Morgan fingerprint density at radius 2 is 2.17 bits per heavy atom. The number of ether oxygens (including phenoxy) is 1. The quantitative estimate of drug-likeness (QED) is 0.747. The van der Waals surface area contributed by atoms with Crippen LogP contribution in [0.1, 0.15) is 27.3 Å². The molecule has 2 aromatic rings. The van der Waals surface area contributed by atoms with Gasteiger partial charge in [0, 0.05) is 29.2 Å². The molecule has 0 aliphatic carbocycles. The van der Waals surface area contributed by atoms with E-state index >= 15 is 0 Å². The smallest absolute Gasteiger partial charge is 0.349 e. The number of aryl methyl sites for hydroxylation is 1. The van der Waals surface area contributed by atoms with E-state index in [0.29, 0.717) is 17.0 Å². The van der Waals surface area contributed by atoms with Gasteiger partial charge in [0.2, 0.25) is 0 Å². The van der Waals surface area contributed by atoms with Crippen molar-refractivity contribution in [3.63, 3.8) is 0 Å². The fourth-order valence-corrected chi connectivity index (χ4v) is 1.97. The highest BCUT2D eigenvalue weighted by Gasteiger charge is 2.30. The third-order valence-electron chi connectivity index (χ3n) is 2.75. The van der Waals surface area contributed by atoms with Gasteiger partial charge in [0.15, 0.2) is 0 Å². The molecule has 0 fully saturated rings. The number of carbonyl (C=O) groups is 1. The van der Waals surface area contributed by atoms with Crippen LogP contribution in [0.5, 0.6) is 0 Å². The van der Waals surface area contributed by atoms with Gasteiger partial charge in [-0.2, -0.15) is 0 Å². The molecule has 0 saturated carbocycles. The van der Waals surface area contributed by atoms with Crippen LogP contribution >= 0.6 is 0 Å². The summed E-state index contributed by atoms with van der Waals surface area (Å²) in [6.07, 6.45) is 3.47. The van der Waals surface area contributed by atoms with Crippen molar-refractivity contribution in [3.8, 4) is 0 Å². The fraction of sp³-hybridized carbons (Fsp3) is 0.0769. The number of aromatic nitrogens is 2. The van der Waals surface area contributed by atoms with Gasteiger partial charge in [0.05, 0.1) is 0 Å². The van der Waals surface area contributed by atoms with Crippen LogP contribution in [-0.4, -0.2) is 15.9 Å². The minimum Gasteiger partial charge on any atom is -0.422 e. The number of rotatable bonds is 1. The summed E-state index contributed by atoms with van der Waals surface area (Å²) in [5, 5.41) is 0. The third kappa shape index (κ3) is 1.57. The number of hydrogen-bond donors (Lipinski definition) is 2. The average molecular weight is 242 g/mol. The molecule has 1 aliphatic rings. The predicted molar refractivity (Wildman–Crippen MR) is 65.9 cm³/mol. The average Bonchev–Trinajstić information content (AvgIpc) is 2.88. The first kappa shape index (κ1) is 10.6. The summed E-state index contributed by atoms with van der Waals surface area (Å²) < 4.78 is 5.12. The number of hydrogen-bond acceptors (Lipinski definition) is 3. The van der Waals surface area contributed by atoms with Gasteiger partial charge >= 0.3 is 5.97 Å². The molecular weight excluding hydrogens is 232 g/mol. The molecule has 2 N–H and O–H groups in total. The Kier molecular flexibility index (Phi) is 2.19. The SMILES string of the molecule is Cc1cc2c(c(=O)[nH]1)C(=O)O/C2=C\c1ccc[nH]1. The maximum Gasteiger partial charge on any atom is 0.349 e. The van der Waals surface area contributed by atoms with Gasteiger partial charge in [-0.3, -0.25) is 4.79 Å². The van der Waals surface area contributed by atoms with Crippen molar-refractivity contribution in [3.05, 3.63) is 57.3 Å². The maximum atomic E-state index is 11.7. The Morgan fingerprint density at radius 3 is 2.89 bits per heavy atom. The number of carbonyl (C=O) groups excluding carboxylic acids is 1. The molecule has 5 nitrogen and oxygen atoms in total. The van der Waals surface area contributed by atoms with E-state index in [-0.39, 0.29) is 5.56 Å². The topological polar surface area (TPSA) is 74.9 Å². The van der Waals surface area contributed by atoms with E-state index in [4.69, 9.17) is 4.74 Å². The molecule has 0 aromatic carbocycles. The molecule has 2 aromatic heterocycles. The lowest BCUT2D eigenvalue weighted by molar-refractivity contribution is 0.0715. The van der Waals surface area contributed by atoms with E-state index in [1.807, 2.05) is 12.1 Å². The zero-order valence-electron chi connectivity index (χ0n) is 9.61. The second kappa shape index (κ2) is 3.73. The van der Waals surface area contributed by atoms with Crippen LogP contribution in [0.2, 0.25) is 0 Å². The largest absolute Gasteiger partial charge is 0.422 e. The molecule has 1 aliphatic heterocycles. The molecule has 5 heteroatoms. The third-order valence-corrected chi connectivity index (χ3v) is 2.75. The van der Waals surface area contributed by atoms with Crippen molar-refractivity contribution in [2.45, 2.75) is 6.92 Å². The Morgan fingerprint density at radius 1 is 1.33 bits per heavy atom. The van der Waals surface area contributed by atoms with E-state index in [0.717, 1.165) is 5.69 Å². The van der Waals surface area contributed by atoms with Crippen LogP contribution in [0.3, 0.4) is 0 Å². The highest BCUT2D eigenvalue weighted by molar-refractivity contribution is 6.05. The van der Waals surface area contributed by atoms with E-state index in [1.54, 1.807) is 25.3 Å². The summed E-state index contributed by atoms with van der Waals surface area (Å²) in [6.45, 7) is 1.76. The number of nitrogens with one attached hydrogen (secondary N) is 2. The molecule has 0 amide bonds. The first-order valence-corrected chi connectivity index (χ1v) is 5.47. The molecule has 0 atom stereocenters. The molecule has 0 unspecified atom stereocenters. The summed E-state index contributed by atoms with van der Waals surface area (Å²) in [5.41, 5.74) is 1.69. The van der Waals surface area contributed by atoms with Crippen molar-refractivity contribution < 1.29 is 9.53 Å². The maximum absolute atomic E-state index is 11.7. The van der Waals surface area contributed by atoms with E-state index in [1.165, 1.54) is 0 Å². The van der Waals surface area contributed by atoms with Gasteiger partial charge in [-0.25, -0.2) is 4.79 Å². The number of fused-ring (bicyclic) bond motifs is 1. The van der Waals surface area contributed by atoms with Crippen LogP contribution in [-0.2, 0) is 4.74 Å².